The van der Waals surface area contributed by atoms with Crippen LogP contribution in [0.25, 0.3) is 0 Å². The van der Waals surface area contributed by atoms with Crippen LogP contribution in [0.4, 0.5) is 35.1 Å². The lowest BCUT2D eigenvalue weighted by Gasteiger charge is -2.32. The molecule has 0 aliphatic carbocycles. The molecule has 10 nitrogen and oxygen atoms in total. The maximum Gasteiger partial charge on any atom is 0.437 e. The van der Waals surface area contributed by atoms with Crippen molar-refractivity contribution < 1.29 is 41.4 Å². The molecule has 2 aliphatic heterocycles. The third-order valence-electron chi connectivity index (χ3n) is 8.72. The minimum absolute atomic E-state index is 0.0619. The molecule has 4 heterocycles. The number of carboxylic acids is 1. The standard InChI is InChI=1S/C34H33F4N5O5/c35-26-8-6-24(32(45)46)18-27(26)47-20-21-10-14-42(15-11-21)28-9-7-25(19-39-28)40-31(44)29-30(34(36,37)38)41-33(48-29)43-16-12-23(13-17-43)22-4-2-1-3-5-22/h1-9,18-19,21,23H,10-17,20H2,(H,40,44)(H,45,46). The van der Waals surface area contributed by atoms with Gasteiger partial charge in [0.25, 0.3) is 11.9 Å². The molecule has 48 heavy (non-hydrogen) atoms. The summed E-state index contributed by atoms with van der Waals surface area (Å²) >= 11 is 0. The molecule has 2 fully saturated rings. The minimum atomic E-state index is -4.90. The summed E-state index contributed by atoms with van der Waals surface area (Å²) in [5, 5.41) is 11.6. The summed E-state index contributed by atoms with van der Waals surface area (Å²) in [7, 11) is 0. The molecule has 2 aromatic carbocycles. The van der Waals surface area contributed by atoms with Crippen LogP contribution in [0.15, 0.2) is 71.3 Å². The van der Waals surface area contributed by atoms with Crippen molar-refractivity contribution in [2.24, 2.45) is 5.92 Å². The van der Waals surface area contributed by atoms with Crippen molar-refractivity contribution >= 4 is 29.4 Å². The van der Waals surface area contributed by atoms with Gasteiger partial charge in [-0.1, -0.05) is 30.3 Å². The lowest BCUT2D eigenvalue weighted by atomic mass is 9.90. The molecule has 0 bridgehead atoms. The molecule has 0 atom stereocenters. The fourth-order valence-corrected chi connectivity index (χ4v) is 6.04. The second-order valence-electron chi connectivity index (χ2n) is 11.9. The Hall–Kier alpha value is -5.14. The number of oxazole rings is 1. The van der Waals surface area contributed by atoms with E-state index in [0.717, 1.165) is 12.1 Å². The number of nitrogens with zero attached hydrogens (tertiary/aromatic N) is 4. The maximum atomic E-state index is 14.1. The number of carbonyl (C=O) groups is 2. The second kappa shape index (κ2) is 13.9. The molecule has 4 aromatic rings. The summed E-state index contributed by atoms with van der Waals surface area (Å²) in [6.45, 7) is 2.33. The Labute approximate surface area is 273 Å². The summed E-state index contributed by atoms with van der Waals surface area (Å²) in [4.78, 5) is 35.9. The molecule has 2 aromatic heterocycles. The molecule has 0 saturated carbocycles. The molecule has 252 valence electrons. The van der Waals surface area contributed by atoms with Crippen molar-refractivity contribution in [2.75, 3.05) is 47.9 Å². The Kier molecular flexibility index (Phi) is 9.51. The van der Waals surface area contributed by atoms with E-state index in [0.29, 0.717) is 57.7 Å². The summed E-state index contributed by atoms with van der Waals surface area (Å²) in [5.74, 6) is -2.90. The van der Waals surface area contributed by atoms with Crippen LogP contribution in [-0.2, 0) is 6.18 Å². The fraction of sp³-hybridized carbons (Fsp3) is 0.353. The van der Waals surface area contributed by atoms with Gasteiger partial charge in [0.2, 0.25) is 5.76 Å². The molecule has 0 unspecified atom stereocenters. The fourth-order valence-electron chi connectivity index (χ4n) is 6.04. The van der Waals surface area contributed by atoms with Gasteiger partial charge in [-0.15, -0.1) is 0 Å². The number of aromatic nitrogens is 2. The van der Waals surface area contributed by atoms with Crippen LogP contribution in [0.3, 0.4) is 0 Å². The number of hydrogen-bond acceptors (Lipinski definition) is 8. The first kappa shape index (κ1) is 32.8. The van der Waals surface area contributed by atoms with Gasteiger partial charge < -0.3 is 29.4 Å². The van der Waals surface area contributed by atoms with Gasteiger partial charge >= 0.3 is 12.1 Å². The normalized spacial score (nSPS) is 16.2. The molecule has 0 radical (unpaired) electrons. The number of halogens is 4. The van der Waals surface area contributed by atoms with Crippen molar-refractivity contribution in [2.45, 2.75) is 37.8 Å². The summed E-state index contributed by atoms with van der Waals surface area (Å²) in [5.41, 5.74) is -0.0792. The molecular formula is C34H33F4N5O5. The van der Waals surface area contributed by atoms with Crippen LogP contribution in [0.5, 0.6) is 5.75 Å². The van der Waals surface area contributed by atoms with Crippen LogP contribution < -0.4 is 19.9 Å². The van der Waals surface area contributed by atoms with Crippen molar-refractivity contribution in [1.29, 1.82) is 0 Å². The third kappa shape index (κ3) is 7.53. The number of carboxylic acid groups (broad SMARTS) is 1. The van der Waals surface area contributed by atoms with Crippen molar-refractivity contribution in [3.63, 3.8) is 0 Å². The molecule has 0 spiro atoms. The van der Waals surface area contributed by atoms with E-state index in [2.05, 4.69) is 15.3 Å². The number of rotatable bonds is 9. The highest BCUT2D eigenvalue weighted by Crippen LogP contribution is 2.37. The SMILES string of the molecule is O=C(O)c1ccc(F)c(OCC2CCN(c3ccc(NC(=O)c4oc(N5CCC(c6ccccc6)CC5)nc4C(F)(F)F)cn3)CC2)c1. The predicted molar refractivity (Wildman–Crippen MR) is 168 cm³/mol. The number of ether oxygens (including phenoxy) is 1. The van der Waals surface area contributed by atoms with Gasteiger partial charge in [0.15, 0.2) is 17.3 Å². The number of piperidine rings is 2. The van der Waals surface area contributed by atoms with Crippen LogP contribution >= 0.6 is 0 Å². The Bertz CT molecular complexity index is 1730. The average Bonchev–Trinajstić information content (AvgIpc) is 3.56. The molecule has 14 heteroatoms. The van der Waals surface area contributed by atoms with E-state index in [1.807, 2.05) is 35.2 Å². The zero-order valence-electron chi connectivity index (χ0n) is 25.8. The molecule has 2 N–H and O–H groups in total. The van der Waals surface area contributed by atoms with Crippen LogP contribution in [0.2, 0.25) is 0 Å². The topological polar surface area (TPSA) is 121 Å². The summed E-state index contributed by atoms with van der Waals surface area (Å²) < 4.78 is 66.8. The van der Waals surface area contributed by atoms with Crippen LogP contribution in [0, 0.1) is 11.7 Å². The predicted octanol–water partition coefficient (Wildman–Crippen LogP) is 6.86. The summed E-state index contributed by atoms with van der Waals surface area (Å²) in [6.07, 6.45) is -0.702. The smallest absolute Gasteiger partial charge is 0.437 e. The van der Waals surface area contributed by atoms with Gasteiger partial charge in [-0.2, -0.15) is 18.2 Å². The number of hydrogen-bond donors (Lipinski definition) is 2. The number of aromatic carboxylic acids is 1. The Balaban J connectivity index is 1.03. The van der Waals surface area contributed by atoms with E-state index in [1.165, 1.54) is 17.8 Å². The van der Waals surface area contributed by atoms with Crippen molar-refractivity contribution in [1.82, 2.24) is 9.97 Å². The quantitative estimate of drug-likeness (QED) is 0.185. The van der Waals surface area contributed by atoms with Gasteiger partial charge in [0.05, 0.1) is 24.1 Å². The minimum Gasteiger partial charge on any atom is -0.490 e. The van der Waals surface area contributed by atoms with Crippen LogP contribution in [-0.4, -0.2) is 59.7 Å². The van der Waals surface area contributed by atoms with Gasteiger partial charge in [0.1, 0.15) is 5.82 Å². The van der Waals surface area contributed by atoms with Gasteiger partial charge in [-0.3, -0.25) is 4.79 Å². The van der Waals surface area contributed by atoms with Gasteiger partial charge in [-0.25, -0.2) is 14.2 Å². The zero-order valence-corrected chi connectivity index (χ0v) is 25.8. The zero-order chi connectivity index (χ0) is 33.8. The van der Waals surface area contributed by atoms with E-state index >= 15 is 0 Å². The van der Waals surface area contributed by atoms with E-state index in [-0.39, 0.29) is 41.5 Å². The lowest BCUT2D eigenvalue weighted by molar-refractivity contribution is -0.141. The molecule has 1 amide bonds. The third-order valence-corrected chi connectivity index (χ3v) is 8.72. The number of alkyl halides is 3. The Morgan fingerprint density at radius 2 is 1.67 bits per heavy atom. The number of carbonyl (C=O) groups excluding carboxylic acids is 1. The highest BCUT2D eigenvalue weighted by atomic mass is 19.4. The van der Waals surface area contributed by atoms with E-state index in [4.69, 9.17) is 14.3 Å². The highest BCUT2D eigenvalue weighted by Gasteiger charge is 2.42. The lowest BCUT2D eigenvalue weighted by Crippen LogP contribution is -2.36. The first-order valence-electron chi connectivity index (χ1n) is 15.6. The summed E-state index contributed by atoms with van der Waals surface area (Å²) in [6, 6.07) is 16.3. The number of nitrogens with one attached hydrogen (secondary N) is 1. The number of anilines is 3. The Morgan fingerprint density at radius 1 is 0.958 bits per heavy atom. The molecule has 6 rings (SSSR count). The van der Waals surface area contributed by atoms with E-state index in [1.54, 1.807) is 17.0 Å². The largest absolute Gasteiger partial charge is 0.490 e. The van der Waals surface area contributed by atoms with E-state index in [9.17, 15) is 27.2 Å². The number of amides is 1. The molecular weight excluding hydrogens is 634 g/mol. The van der Waals surface area contributed by atoms with E-state index < -0.39 is 35.3 Å². The van der Waals surface area contributed by atoms with Gasteiger partial charge in [-0.05, 0) is 73.4 Å². The average molecular weight is 668 g/mol. The molecule has 2 saturated heterocycles. The monoisotopic (exact) mass is 667 g/mol. The highest BCUT2D eigenvalue weighted by molar-refractivity contribution is 6.03. The first-order valence-corrected chi connectivity index (χ1v) is 15.6. The second-order valence-corrected chi connectivity index (χ2v) is 11.9. The molecule has 2 aliphatic rings. The number of benzene rings is 2. The van der Waals surface area contributed by atoms with Crippen molar-refractivity contribution in [3.05, 3.63) is 95.3 Å². The van der Waals surface area contributed by atoms with Crippen molar-refractivity contribution in [3.8, 4) is 5.75 Å². The Morgan fingerprint density at radius 3 is 2.31 bits per heavy atom. The van der Waals surface area contributed by atoms with Gasteiger partial charge in [0, 0.05) is 26.2 Å². The maximum absolute atomic E-state index is 14.1. The number of pyridine rings is 1. The first-order chi connectivity index (χ1) is 23.0. The van der Waals surface area contributed by atoms with Crippen LogP contribution in [0.1, 0.15) is 63.8 Å².